The van der Waals surface area contributed by atoms with E-state index >= 15 is 0 Å². The molecule has 2 rings (SSSR count). The molecule has 18 heavy (non-hydrogen) atoms. The van der Waals surface area contributed by atoms with Crippen molar-refractivity contribution in [1.29, 1.82) is 0 Å². The third-order valence-corrected chi connectivity index (χ3v) is 3.69. The monoisotopic (exact) mass is 256 g/mol. The van der Waals surface area contributed by atoms with Gasteiger partial charge in [-0.05, 0) is 33.1 Å². The highest BCUT2D eigenvalue weighted by atomic mass is 16.6. The van der Waals surface area contributed by atoms with E-state index in [2.05, 4.69) is 0 Å². The van der Waals surface area contributed by atoms with Crippen LogP contribution >= 0.6 is 0 Å². The molecule has 0 bridgehead atoms. The average molecular weight is 256 g/mol. The molecular formula is C13H24N2O3. The Bertz CT molecular complexity index is 308. The summed E-state index contributed by atoms with van der Waals surface area (Å²) < 4.78 is 11.1. The summed E-state index contributed by atoms with van der Waals surface area (Å²) in [7, 11) is 0. The molecule has 2 heterocycles. The predicted octanol–water partition coefficient (Wildman–Crippen LogP) is 1.22. The normalized spacial score (nSPS) is 32.2. The van der Waals surface area contributed by atoms with Gasteiger partial charge in [0.15, 0.2) is 0 Å². The van der Waals surface area contributed by atoms with Gasteiger partial charge in [-0.1, -0.05) is 0 Å². The smallest absolute Gasteiger partial charge is 0.410 e. The van der Waals surface area contributed by atoms with Crippen LogP contribution in [-0.4, -0.2) is 48.9 Å². The molecule has 0 aromatic heterocycles. The Kier molecular flexibility index (Phi) is 3.82. The number of likely N-dealkylation sites (tertiary alicyclic amines) is 1. The maximum Gasteiger partial charge on any atom is 0.410 e. The van der Waals surface area contributed by atoms with Crippen LogP contribution in [0.5, 0.6) is 0 Å². The number of nitrogens with two attached hydrogens (primary N) is 1. The zero-order chi connectivity index (χ0) is 13.3. The number of piperidine rings is 1. The van der Waals surface area contributed by atoms with Crippen molar-refractivity contribution in [3.63, 3.8) is 0 Å². The largest absolute Gasteiger partial charge is 0.444 e. The lowest BCUT2D eigenvalue weighted by atomic mass is 9.85. The van der Waals surface area contributed by atoms with Crippen LogP contribution in [0.3, 0.4) is 0 Å². The Labute approximate surface area is 109 Å². The van der Waals surface area contributed by atoms with Crippen LogP contribution in [0.1, 0.15) is 27.2 Å². The number of rotatable bonds is 1. The first-order valence-electron chi connectivity index (χ1n) is 6.70. The molecule has 5 nitrogen and oxygen atoms in total. The molecule has 0 saturated carbocycles. The molecule has 2 aliphatic heterocycles. The number of ether oxygens (including phenoxy) is 2. The number of hydrogen-bond acceptors (Lipinski definition) is 4. The minimum absolute atomic E-state index is 0.0974. The molecule has 0 aromatic rings. The van der Waals surface area contributed by atoms with Crippen molar-refractivity contribution in [1.82, 2.24) is 4.90 Å². The van der Waals surface area contributed by atoms with Crippen LogP contribution in [0.2, 0.25) is 0 Å². The number of amides is 1. The lowest BCUT2D eigenvalue weighted by Gasteiger charge is -2.36. The van der Waals surface area contributed by atoms with Crippen LogP contribution in [-0.2, 0) is 9.47 Å². The predicted molar refractivity (Wildman–Crippen MR) is 68.2 cm³/mol. The summed E-state index contributed by atoms with van der Waals surface area (Å²) >= 11 is 0. The second-order valence-electron chi connectivity index (χ2n) is 6.25. The van der Waals surface area contributed by atoms with Gasteiger partial charge in [-0.25, -0.2) is 4.79 Å². The van der Waals surface area contributed by atoms with Crippen molar-refractivity contribution in [3.8, 4) is 0 Å². The first-order valence-corrected chi connectivity index (χ1v) is 6.70. The highest BCUT2D eigenvalue weighted by Gasteiger charge is 2.42. The second kappa shape index (κ2) is 5.05. The fourth-order valence-corrected chi connectivity index (χ4v) is 2.76. The van der Waals surface area contributed by atoms with Gasteiger partial charge >= 0.3 is 6.09 Å². The summed E-state index contributed by atoms with van der Waals surface area (Å²) in [6.07, 6.45) is 0.865. The van der Waals surface area contributed by atoms with Crippen molar-refractivity contribution in [3.05, 3.63) is 0 Å². The summed E-state index contributed by atoms with van der Waals surface area (Å²) in [5.41, 5.74) is 5.27. The number of nitrogens with zero attached hydrogens (tertiary/aromatic N) is 1. The van der Waals surface area contributed by atoms with E-state index in [0.29, 0.717) is 24.9 Å². The molecule has 0 unspecified atom stereocenters. The van der Waals surface area contributed by atoms with Gasteiger partial charge in [0.05, 0.1) is 12.7 Å². The molecule has 2 N–H and O–H groups in total. The summed E-state index contributed by atoms with van der Waals surface area (Å²) in [5.74, 6) is 0.925. The standard InChI is InChI=1S/C13H24N2O3/c1-13(2,3)18-12(16)15-5-4-9-8-17-11(6-14)10(9)7-15/h9-11H,4-8,14H2,1-3H3/t9-,10-,11-/m1/s1. The van der Waals surface area contributed by atoms with E-state index in [1.54, 1.807) is 4.90 Å². The minimum Gasteiger partial charge on any atom is -0.444 e. The van der Waals surface area contributed by atoms with E-state index in [1.165, 1.54) is 0 Å². The molecule has 2 saturated heterocycles. The van der Waals surface area contributed by atoms with Crippen LogP contribution in [0, 0.1) is 11.8 Å². The molecule has 2 fully saturated rings. The van der Waals surface area contributed by atoms with Gasteiger partial charge in [0.2, 0.25) is 0 Å². The average Bonchev–Trinajstić information content (AvgIpc) is 2.68. The fraction of sp³-hybridized carbons (Fsp3) is 0.923. The molecule has 3 atom stereocenters. The highest BCUT2D eigenvalue weighted by molar-refractivity contribution is 5.68. The zero-order valence-corrected chi connectivity index (χ0v) is 11.5. The van der Waals surface area contributed by atoms with Gasteiger partial charge in [0, 0.05) is 25.6 Å². The van der Waals surface area contributed by atoms with Gasteiger partial charge in [-0.3, -0.25) is 0 Å². The fourth-order valence-electron chi connectivity index (χ4n) is 2.76. The van der Waals surface area contributed by atoms with Crippen molar-refractivity contribution < 1.29 is 14.3 Å². The quantitative estimate of drug-likeness (QED) is 0.766. The van der Waals surface area contributed by atoms with E-state index in [9.17, 15) is 4.79 Å². The lowest BCUT2D eigenvalue weighted by molar-refractivity contribution is 0.0104. The summed E-state index contributed by atoms with van der Waals surface area (Å²) in [5, 5.41) is 0. The van der Waals surface area contributed by atoms with Crippen LogP contribution in [0.4, 0.5) is 4.79 Å². The van der Waals surface area contributed by atoms with E-state index in [4.69, 9.17) is 15.2 Å². The van der Waals surface area contributed by atoms with E-state index in [1.807, 2.05) is 20.8 Å². The first kappa shape index (κ1) is 13.6. The number of carbonyl (C=O) groups is 1. The Morgan fingerprint density at radius 1 is 1.50 bits per heavy atom. The second-order valence-corrected chi connectivity index (χ2v) is 6.25. The topological polar surface area (TPSA) is 64.8 Å². The number of hydrogen-bond donors (Lipinski definition) is 1. The molecule has 2 aliphatic rings. The third-order valence-electron chi connectivity index (χ3n) is 3.69. The Morgan fingerprint density at radius 2 is 2.22 bits per heavy atom. The van der Waals surface area contributed by atoms with E-state index < -0.39 is 5.60 Å². The summed E-state index contributed by atoms with van der Waals surface area (Å²) in [6, 6.07) is 0. The van der Waals surface area contributed by atoms with E-state index in [-0.39, 0.29) is 12.2 Å². The van der Waals surface area contributed by atoms with Gasteiger partial charge in [0.25, 0.3) is 0 Å². The van der Waals surface area contributed by atoms with Crippen molar-refractivity contribution in [2.45, 2.75) is 38.9 Å². The highest BCUT2D eigenvalue weighted by Crippen LogP contribution is 2.34. The summed E-state index contributed by atoms with van der Waals surface area (Å²) in [6.45, 7) is 8.45. The maximum atomic E-state index is 12.0. The molecule has 0 aromatic carbocycles. The SMILES string of the molecule is CC(C)(C)OC(=O)N1CC[C@@H]2CO[C@H](CN)[C@@H]2C1. The number of fused-ring (bicyclic) bond motifs is 1. The first-order chi connectivity index (χ1) is 8.40. The van der Waals surface area contributed by atoms with Gasteiger partial charge < -0.3 is 20.1 Å². The van der Waals surface area contributed by atoms with Crippen molar-refractivity contribution >= 4 is 6.09 Å². The molecule has 104 valence electrons. The van der Waals surface area contributed by atoms with Crippen molar-refractivity contribution in [2.75, 3.05) is 26.2 Å². The Morgan fingerprint density at radius 3 is 2.83 bits per heavy atom. The molecule has 0 aliphatic carbocycles. The van der Waals surface area contributed by atoms with Gasteiger partial charge in [-0.2, -0.15) is 0 Å². The minimum atomic E-state index is -0.437. The Hall–Kier alpha value is -0.810. The third kappa shape index (κ3) is 2.95. The van der Waals surface area contributed by atoms with Gasteiger partial charge in [0.1, 0.15) is 5.60 Å². The molecule has 5 heteroatoms. The Balaban J connectivity index is 1.94. The molecule has 0 radical (unpaired) electrons. The van der Waals surface area contributed by atoms with Crippen LogP contribution in [0.25, 0.3) is 0 Å². The van der Waals surface area contributed by atoms with E-state index in [0.717, 1.165) is 19.6 Å². The molecule has 1 amide bonds. The number of carbonyl (C=O) groups excluding carboxylic acids is 1. The zero-order valence-electron chi connectivity index (χ0n) is 11.5. The summed E-state index contributed by atoms with van der Waals surface area (Å²) in [4.78, 5) is 13.8. The van der Waals surface area contributed by atoms with Crippen LogP contribution < -0.4 is 5.73 Å². The molecule has 0 spiro atoms. The maximum absolute atomic E-state index is 12.0. The van der Waals surface area contributed by atoms with Gasteiger partial charge in [-0.15, -0.1) is 0 Å². The van der Waals surface area contributed by atoms with Crippen molar-refractivity contribution in [2.24, 2.45) is 17.6 Å². The molecular weight excluding hydrogens is 232 g/mol. The lowest BCUT2D eigenvalue weighted by Crippen LogP contribution is -2.48. The van der Waals surface area contributed by atoms with Crippen LogP contribution in [0.15, 0.2) is 0 Å².